The Morgan fingerprint density at radius 1 is 1.03 bits per heavy atom. The molecule has 30 heavy (non-hydrogen) atoms. The third kappa shape index (κ3) is 3.64. The van der Waals surface area contributed by atoms with Gasteiger partial charge < -0.3 is 4.52 Å². The molecule has 9 heteroatoms. The molecule has 0 bridgehead atoms. The molecule has 0 amide bonds. The standard InChI is InChI=1S/C21H16N6OS2/c1-14-5-2-3-6-16(14)27-19(15-8-10-22-11-9-15)24-25-21(27)30-13-18-23-20(28-26-18)17-7-4-12-29-17/h2-12H,13H2,1H3. The van der Waals surface area contributed by atoms with E-state index in [9.17, 15) is 0 Å². The van der Waals surface area contributed by atoms with E-state index in [1.54, 1.807) is 23.7 Å². The Labute approximate surface area is 180 Å². The third-order valence-electron chi connectivity index (χ3n) is 4.46. The van der Waals surface area contributed by atoms with Gasteiger partial charge in [-0.1, -0.05) is 41.2 Å². The van der Waals surface area contributed by atoms with Gasteiger partial charge in [0.1, 0.15) is 0 Å². The maximum Gasteiger partial charge on any atom is 0.268 e. The van der Waals surface area contributed by atoms with Crippen molar-refractivity contribution >= 4 is 23.1 Å². The number of hydrogen-bond acceptors (Lipinski definition) is 8. The molecule has 0 aliphatic carbocycles. The molecule has 4 heterocycles. The first-order valence-electron chi connectivity index (χ1n) is 9.20. The second-order valence-corrected chi connectivity index (χ2v) is 8.34. The molecule has 0 unspecified atom stereocenters. The number of para-hydroxylation sites is 1. The van der Waals surface area contributed by atoms with Gasteiger partial charge in [-0.05, 0) is 42.1 Å². The molecular weight excluding hydrogens is 416 g/mol. The van der Waals surface area contributed by atoms with Crippen LogP contribution in [0.4, 0.5) is 0 Å². The molecule has 0 spiro atoms. The van der Waals surface area contributed by atoms with E-state index in [2.05, 4.69) is 48.9 Å². The number of pyridine rings is 1. The van der Waals surface area contributed by atoms with Crippen LogP contribution in [-0.2, 0) is 5.75 Å². The molecule has 5 aromatic rings. The molecule has 0 radical (unpaired) electrons. The van der Waals surface area contributed by atoms with Gasteiger partial charge in [0.15, 0.2) is 16.8 Å². The van der Waals surface area contributed by atoms with E-state index in [4.69, 9.17) is 4.52 Å². The van der Waals surface area contributed by atoms with Crippen LogP contribution in [0.25, 0.3) is 27.8 Å². The van der Waals surface area contributed by atoms with Gasteiger partial charge in [-0.2, -0.15) is 4.98 Å². The van der Waals surface area contributed by atoms with Crippen molar-refractivity contribution in [1.29, 1.82) is 0 Å². The normalized spacial score (nSPS) is 11.1. The summed E-state index contributed by atoms with van der Waals surface area (Å²) in [6.45, 7) is 2.08. The fraction of sp³-hybridized carbons (Fsp3) is 0.0952. The van der Waals surface area contributed by atoms with Gasteiger partial charge in [-0.25, -0.2) is 0 Å². The van der Waals surface area contributed by atoms with Gasteiger partial charge in [0.25, 0.3) is 5.89 Å². The Kier molecular flexibility index (Phi) is 5.12. The second kappa shape index (κ2) is 8.21. The van der Waals surface area contributed by atoms with E-state index < -0.39 is 0 Å². The van der Waals surface area contributed by atoms with Gasteiger partial charge in [0.2, 0.25) is 0 Å². The summed E-state index contributed by atoms with van der Waals surface area (Å²) in [5, 5.41) is 15.8. The summed E-state index contributed by atoms with van der Waals surface area (Å²) in [7, 11) is 0. The maximum atomic E-state index is 5.39. The van der Waals surface area contributed by atoms with Crippen molar-refractivity contribution in [2.45, 2.75) is 17.8 Å². The number of aromatic nitrogens is 6. The summed E-state index contributed by atoms with van der Waals surface area (Å²) in [6.07, 6.45) is 3.51. The largest absolute Gasteiger partial charge is 0.333 e. The van der Waals surface area contributed by atoms with Crippen LogP contribution in [0.3, 0.4) is 0 Å². The second-order valence-electron chi connectivity index (χ2n) is 6.45. The Balaban J connectivity index is 1.48. The van der Waals surface area contributed by atoms with Gasteiger partial charge in [-0.15, -0.1) is 21.5 Å². The SMILES string of the molecule is Cc1ccccc1-n1c(SCc2noc(-c3cccs3)n2)nnc1-c1ccncc1. The predicted molar refractivity (Wildman–Crippen MR) is 116 cm³/mol. The Morgan fingerprint density at radius 3 is 2.70 bits per heavy atom. The minimum Gasteiger partial charge on any atom is -0.333 e. The van der Waals surface area contributed by atoms with Crippen molar-refractivity contribution in [3.05, 3.63) is 77.7 Å². The highest BCUT2D eigenvalue weighted by molar-refractivity contribution is 7.98. The van der Waals surface area contributed by atoms with Crippen molar-refractivity contribution in [3.63, 3.8) is 0 Å². The van der Waals surface area contributed by atoms with Crippen molar-refractivity contribution in [2.24, 2.45) is 0 Å². The average Bonchev–Trinajstić information content (AvgIpc) is 3.53. The van der Waals surface area contributed by atoms with Crippen LogP contribution in [0.5, 0.6) is 0 Å². The van der Waals surface area contributed by atoms with Crippen molar-refractivity contribution in [3.8, 4) is 27.8 Å². The van der Waals surface area contributed by atoms with Crippen LogP contribution < -0.4 is 0 Å². The zero-order valence-corrected chi connectivity index (χ0v) is 17.6. The molecule has 1 aromatic carbocycles. The fourth-order valence-corrected chi connectivity index (χ4v) is 4.46. The quantitative estimate of drug-likeness (QED) is 0.348. The highest BCUT2D eigenvalue weighted by atomic mass is 32.2. The molecule has 0 N–H and O–H groups in total. The number of thiophene rings is 1. The van der Waals surface area contributed by atoms with Gasteiger partial charge in [0, 0.05) is 18.0 Å². The molecule has 7 nitrogen and oxygen atoms in total. The van der Waals surface area contributed by atoms with Crippen LogP contribution >= 0.6 is 23.1 Å². The van der Waals surface area contributed by atoms with E-state index in [0.717, 1.165) is 32.7 Å². The molecule has 0 saturated carbocycles. The van der Waals surface area contributed by atoms with Gasteiger partial charge in [0.05, 0.1) is 16.3 Å². The molecule has 0 aliphatic heterocycles. The molecule has 0 aliphatic rings. The molecule has 0 saturated heterocycles. The summed E-state index contributed by atoms with van der Waals surface area (Å²) in [5.41, 5.74) is 3.12. The van der Waals surface area contributed by atoms with Crippen LogP contribution in [0, 0.1) is 6.92 Å². The van der Waals surface area contributed by atoms with E-state index in [1.807, 2.05) is 41.8 Å². The summed E-state index contributed by atoms with van der Waals surface area (Å²) in [4.78, 5) is 9.57. The van der Waals surface area contributed by atoms with Crippen LogP contribution in [-0.4, -0.2) is 29.9 Å². The first kappa shape index (κ1) is 18.7. The molecular formula is C21H16N6OS2. The molecule has 4 aromatic heterocycles. The van der Waals surface area contributed by atoms with Crippen LogP contribution in [0.1, 0.15) is 11.4 Å². The third-order valence-corrected chi connectivity index (χ3v) is 6.24. The topological polar surface area (TPSA) is 82.5 Å². The highest BCUT2D eigenvalue weighted by Gasteiger charge is 2.18. The predicted octanol–water partition coefficient (Wildman–Crippen LogP) is 5.04. The number of benzene rings is 1. The monoisotopic (exact) mass is 432 g/mol. The minimum atomic E-state index is 0.523. The first-order chi connectivity index (χ1) is 14.8. The number of nitrogens with zero attached hydrogens (tertiary/aromatic N) is 6. The van der Waals surface area contributed by atoms with Gasteiger partial charge >= 0.3 is 0 Å². The average molecular weight is 433 g/mol. The van der Waals surface area contributed by atoms with Crippen molar-refractivity contribution in [2.75, 3.05) is 0 Å². The molecule has 0 fully saturated rings. The first-order valence-corrected chi connectivity index (χ1v) is 11.1. The molecule has 0 atom stereocenters. The summed E-state index contributed by atoms with van der Waals surface area (Å²) in [5.74, 6) is 2.45. The van der Waals surface area contributed by atoms with Crippen LogP contribution in [0.2, 0.25) is 0 Å². The van der Waals surface area contributed by atoms with E-state index in [-0.39, 0.29) is 0 Å². The van der Waals surface area contributed by atoms with Gasteiger partial charge in [-0.3, -0.25) is 9.55 Å². The number of hydrogen-bond donors (Lipinski definition) is 0. The maximum absolute atomic E-state index is 5.39. The highest BCUT2D eigenvalue weighted by Crippen LogP contribution is 2.31. The van der Waals surface area contributed by atoms with Crippen molar-refractivity contribution in [1.82, 2.24) is 29.9 Å². The summed E-state index contributed by atoms with van der Waals surface area (Å²) < 4.78 is 7.46. The lowest BCUT2D eigenvalue weighted by atomic mass is 10.2. The van der Waals surface area contributed by atoms with Crippen LogP contribution in [0.15, 0.2) is 76.0 Å². The number of rotatable bonds is 6. The zero-order chi connectivity index (χ0) is 20.3. The van der Waals surface area contributed by atoms with E-state index in [0.29, 0.717) is 17.5 Å². The van der Waals surface area contributed by atoms with Crippen molar-refractivity contribution < 1.29 is 4.52 Å². The minimum absolute atomic E-state index is 0.523. The van der Waals surface area contributed by atoms with E-state index >= 15 is 0 Å². The summed E-state index contributed by atoms with van der Waals surface area (Å²) >= 11 is 3.09. The number of aryl methyl sites for hydroxylation is 1. The number of thioether (sulfide) groups is 1. The fourth-order valence-electron chi connectivity index (χ4n) is 3.02. The molecule has 5 rings (SSSR count). The smallest absolute Gasteiger partial charge is 0.268 e. The lowest BCUT2D eigenvalue weighted by molar-refractivity contribution is 0.426. The lowest BCUT2D eigenvalue weighted by Gasteiger charge is -2.12. The Bertz CT molecular complexity index is 1260. The summed E-state index contributed by atoms with van der Waals surface area (Å²) in [6, 6.07) is 16.0. The molecule has 148 valence electrons. The Hall–Kier alpha value is -3.30. The Morgan fingerprint density at radius 2 is 1.90 bits per heavy atom. The lowest BCUT2D eigenvalue weighted by Crippen LogP contribution is -2.02. The van der Waals surface area contributed by atoms with E-state index in [1.165, 1.54) is 11.8 Å². The zero-order valence-electron chi connectivity index (χ0n) is 16.0.